The summed E-state index contributed by atoms with van der Waals surface area (Å²) in [6, 6.07) is 65.9. The molecule has 0 bridgehead atoms. The summed E-state index contributed by atoms with van der Waals surface area (Å²) in [7, 11) is 0. The molecule has 0 aliphatic heterocycles. The number of nitrogens with zero attached hydrogens (tertiary/aromatic N) is 3. The molecule has 9 aromatic carbocycles. The van der Waals surface area contributed by atoms with Crippen LogP contribution in [-0.4, -0.2) is 15.0 Å². The largest absolute Gasteiger partial charge is 0.456 e. The molecule has 55 heavy (non-hydrogen) atoms. The smallest absolute Gasteiger partial charge is 0.164 e. The van der Waals surface area contributed by atoms with Gasteiger partial charge in [0.05, 0.1) is 0 Å². The van der Waals surface area contributed by atoms with Crippen molar-refractivity contribution in [1.29, 1.82) is 0 Å². The topological polar surface area (TPSA) is 51.8 Å². The predicted molar refractivity (Wildman–Crippen MR) is 227 cm³/mol. The molecule has 0 fully saturated rings. The van der Waals surface area contributed by atoms with Gasteiger partial charge in [-0.1, -0.05) is 152 Å². The second-order valence-electron chi connectivity index (χ2n) is 14.0. The Balaban J connectivity index is 0.976. The summed E-state index contributed by atoms with van der Waals surface area (Å²) in [5.41, 5.74) is 8.97. The molecule has 0 aliphatic rings. The summed E-state index contributed by atoms with van der Waals surface area (Å²) >= 11 is 0. The van der Waals surface area contributed by atoms with Crippen LogP contribution in [0, 0.1) is 0 Å². The lowest BCUT2D eigenvalue weighted by Gasteiger charge is -2.12. The van der Waals surface area contributed by atoms with E-state index in [4.69, 9.17) is 19.4 Å². The van der Waals surface area contributed by atoms with Crippen molar-refractivity contribution in [2.45, 2.75) is 0 Å². The molecule has 11 aromatic rings. The molecule has 256 valence electrons. The van der Waals surface area contributed by atoms with E-state index < -0.39 is 0 Å². The SMILES string of the molecule is c1ccc(-c2nc(-c3ccccc3)nc(-c3ccc4c(c3)oc3cc(-c5cccc(-c6ccc7c8ccccc8c8ccccc8c7c6)c5)ccc34)n2)cc1. The Hall–Kier alpha value is -7.43. The van der Waals surface area contributed by atoms with Crippen LogP contribution in [0.5, 0.6) is 0 Å². The van der Waals surface area contributed by atoms with Crippen molar-refractivity contribution in [2.24, 2.45) is 0 Å². The summed E-state index contributed by atoms with van der Waals surface area (Å²) in [4.78, 5) is 14.7. The second-order valence-corrected chi connectivity index (χ2v) is 14.0. The first kappa shape index (κ1) is 31.1. The monoisotopic (exact) mass is 701 g/mol. The average Bonchev–Trinajstić information content (AvgIpc) is 3.64. The van der Waals surface area contributed by atoms with Crippen LogP contribution >= 0.6 is 0 Å². The van der Waals surface area contributed by atoms with Gasteiger partial charge >= 0.3 is 0 Å². The molecule has 0 aliphatic carbocycles. The molecule has 2 aromatic heterocycles. The van der Waals surface area contributed by atoms with Crippen molar-refractivity contribution in [3.8, 4) is 56.4 Å². The van der Waals surface area contributed by atoms with Gasteiger partial charge < -0.3 is 4.42 Å². The fourth-order valence-electron chi connectivity index (χ4n) is 8.00. The summed E-state index contributed by atoms with van der Waals surface area (Å²) in [6.45, 7) is 0. The number of aromatic nitrogens is 3. The number of hydrogen-bond donors (Lipinski definition) is 0. The van der Waals surface area contributed by atoms with Gasteiger partial charge in [0.15, 0.2) is 17.5 Å². The van der Waals surface area contributed by atoms with E-state index in [1.807, 2.05) is 66.7 Å². The van der Waals surface area contributed by atoms with E-state index in [2.05, 4.69) is 121 Å². The first-order valence-electron chi connectivity index (χ1n) is 18.5. The van der Waals surface area contributed by atoms with Crippen LogP contribution in [0.4, 0.5) is 0 Å². The normalized spacial score (nSPS) is 11.6. The highest BCUT2D eigenvalue weighted by molar-refractivity contribution is 6.25. The first-order chi connectivity index (χ1) is 27.2. The van der Waals surface area contributed by atoms with Gasteiger partial charge in [-0.25, -0.2) is 15.0 Å². The number of hydrogen-bond acceptors (Lipinski definition) is 4. The van der Waals surface area contributed by atoms with E-state index in [-0.39, 0.29) is 0 Å². The molecule has 4 nitrogen and oxygen atoms in total. The molecule has 0 atom stereocenters. The average molecular weight is 702 g/mol. The number of fused-ring (bicyclic) bond motifs is 9. The summed E-state index contributed by atoms with van der Waals surface area (Å²) in [6.07, 6.45) is 0. The lowest BCUT2D eigenvalue weighted by atomic mass is 9.91. The molecule has 0 saturated carbocycles. The predicted octanol–water partition coefficient (Wildman–Crippen LogP) is 13.6. The van der Waals surface area contributed by atoms with Crippen molar-refractivity contribution in [3.63, 3.8) is 0 Å². The highest BCUT2D eigenvalue weighted by Gasteiger charge is 2.16. The Kier molecular flexibility index (Phi) is 7.14. The van der Waals surface area contributed by atoms with E-state index in [0.717, 1.165) is 49.8 Å². The molecule has 4 heteroatoms. The third-order valence-corrected chi connectivity index (χ3v) is 10.7. The van der Waals surface area contributed by atoms with Crippen LogP contribution in [0.3, 0.4) is 0 Å². The van der Waals surface area contributed by atoms with Crippen LogP contribution in [0.25, 0.3) is 111 Å². The van der Waals surface area contributed by atoms with Crippen LogP contribution in [-0.2, 0) is 0 Å². The van der Waals surface area contributed by atoms with E-state index in [9.17, 15) is 0 Å². The molecule has 0 N–H and O–H groups in total. The van der Waals surface area contributed by atoms with Crippen molar-refractivity contribution in [1.82, 2.24) is 15.0 Å². The van der Waals surface area contributed by atoms with Crippen molar-refractivity contribution >= 4 is 54.3 Å². The minimum absolute atomic E-state index is 0.599. The Labute approximate surface area is 317 Å². The molecule has 2 heterocycles. The van der Waals surface area contributed by atoms with Gasteiger partial charge in [-0.2, -0.15) is 0 Å². The lowest BCUT2D eigenvalue weighted by molar-refractivity contribution is 0.669. The Morgan fingerprint density at radius 2 is 0.600 bits per heavy atom. The highest BCUT2D eigenvalue weighted by Crippen LogP contribution is 2.39. The fraction of sp³-hybridized carbons (Fsp3) is 0. The zero-order chi connectivity index (χ0) is 36.3. The maximum absolute atomic E-state index is 6.57. The van der Waals surface area contributed by atoms with Gasteiger partial charge in [0.25, 0.3) is 0 Å². The molecular formula is C51H31N3O. The van der Waals surface area contributed by atoms with Gasteiger partial charge in [-0.3, -0.25) is 0 Å². The zero-order valence-electron chi connectivity index (χ0n) is 29.6. The van der Waals surface area contributed by atoms with Crippen LogP contribution in [0.2, 0.25) is 0 Å². The van der Waals surface area contributed by atoms with Gasteiger partial charge in [0.1, 0.15) is 11.2 Å². The maximum atomic E-state index is 6.57. The standard InChI is InChI=1S/C51H31N3O/c1-3-12-32(13-4-1)49-52-50(33-14-5-2-6-15-33)54-51(53-49)38-24-27-45-44-26-23-37(30-47(44)55-48(45)31-38)35-17-11-16-34(28-35)36-22-25-43-41-20-8-7-18-39(41)40-19-9-10-21-42(40)46(43)29-36/h1-31H. The molecule has 0 unspecified atom stereocenters. The van der Waals surface area contributed by atoms with Crippen molar-refractivity contribution in [3.05, 3.63) is 188 Å². The Morgan fingerprint density at radius 3 is 1.15 bits per heavy atom. The Bertz CT molecular complexity index is 3170. The molecule has 0 radical (unpaired) electrons. The van der Waals surface area contributed by atoms with E-state index in [0.29, 0.717) is 17.5 Å². The second kappa shape index (κ2) is 12.6. The minimum atomic E-state index is 0.599. The zero-order valence-corrected chi connectivity index (χ0v) is 29.6. The minimum Gasteiger partial charge on any atom is -0.456 e. The summed E-state index contributed by atoms with van der Waals surface area (Å²) in [5.74, 6) is 1.86. The quantitative estimate of drug-likeness (QED) is 0.168. The molecule has 0 spiro atoms. The fourth-order valence-corrected chi connectivity index (χ4v) is 8.00. The van der Waals surface area contributed by atoms with Crippen molar-refractivity contribution < 1.29 is 4.42 Å². The van der Waals surface area contributed by atoms with Crippen LogP contribution in [0.1, 0.15) is 0 Å². The van der Waals surface area contributed by atoms with E-state index in [1.54, 1.807) is 0 Å². The number of rotatable bonds is 5. The Morgan fingerprint density at radius 1 is 0.236 bits per heavy atom. The van der Waals surface area contributed by atoms with Gasteiger partial charge in [0, 0.05) is 27.5 Å². The van der Waals surface area contributed by atoms with E-state index >= 15 is 0 Å². The summed E-state index contributed by atoms with van der Waals surface area (Å²) in [5, 5.41) is 9.79. The third kappa shape index (κ3) is 5.34. The van der Waals surface area contributed by atoms with Gasteiger partial charge in [0.2, 0.25) is 0 Å². The highest BCUT2D eigenvalue weighted by atomic mass is 16.3. The lowest BCUT2D eigenvalue weighted by Crippen LogP contribution is -2.00. The number of furan rings is 1. The molecule has 0 amide bonds. The van der Waals surface area contributed by atoms with Gasteiger partial charge in [-0.15, -0.1) is 0 Å². The van der Waals surface area contributed by atoms with Crippen LogP contribution < -0.4 is 0 Å². The third-order valence-electron chi connectivity index (χ3n) is 10.7. The van der Waals surface area contributed by atoms with E-state index in [1.165, 1.54) is 43.4 Å². The van der Waals surface area contributed by atoms with Crippen molar-refractivity contribution in [2.75, 3.05) is 0 Å². The molecule has 0 saturated heterocycles. The van der Waals surface area contributed by atoms with Crippen LogP contribution in [0.15, 0.2) is 192 Å². The summed E-state index contributed by atoms with van der Waals surface area (Å²) < 4.78 is 6.57. The maximum Gasteiger partial charge on any atom is 0.164 e. The van der Waals surface area contributed by atoms with Gasteiger partial charge in [-0.05, 0) is 91.0 Å². The molecule has 11 rings (SSSR count). The molecular weight excluding hydrogens is 671 g/mol. The first-order valence-corrected chi connectivity index (χ1v) is 18.5. The number of benzene rings is 9.